The van der Waals surface area contributed by atoms with Gasteiger partial charge in [-0.25, -0.2) is 4.98 Å². The summed E-state index contributed by atoms with van der Waals surface area (Å²) < 4.78 is 1.63. The third kappa shape index (κ3) is 6.19. The molecule has 3 aromatic heterocycles. The number of carbonyl (C=O) groups is 2. The molecule has 0 spiro atoms. The first kappa shape index (κ1) is 26.4. The van der Waals surface area contributed by atoms with Crippen molar-refractivity contribution in [2.75, 3.05) is 29.0 Å². The maximum absolute atomic E-state index is 13.2. The number of amides is 2. The minimum absolute atomic E-state index is 0.000362. The molecule has 0 unspecified atom stereocenters. The predicted octanol–water partition coefficient (Wildman–Crippen LogP) is 4.38. The Morgan fingerprint density at radius 3 is 2.68 bits per heavy atom. The minimum atomic E-state index is -0.00828. The average Bonchev–Trinajstić information content (AvgIpc) is 3.41. The highest BCUT2D eigenvalue weighted by molar-refractivity contribution is 5.94. The van der Waals surface area contributed by atoms with Crippen LogP contribution in [0.5, 0.6) is 0 Å². The maximum atomic E-state index is 13.2. The summed E-state index contributed by atoms with van der Waals surface area (Å²) in [6.07, 6.45) is 12.2. The van der Waals surface area contributed by atoms with Gasteiger partial charge in [-0.2, -0.15) is 10.1 Å². The van der Waals surface area contributed by atoms with Gasteiger partial charge in [0, 0.05) is 62.1 Å². The average molecular weight is 552 g/mol. The van der Waals surface area contributed by atoms with Gasteiger partial charge in [-0.05, 0) is 73.9 Å². The van der Waals surface area contributed by atoms with Gasteiger partial charge in [-0.1, -0.05) is 0 Å². The standard InChI is InChI=1S/C30H33N9O2/c1-19-14-32-30-35-25-11-21(15-31-17-25)3-4-22-13-24(34-28(19)37-30)5-6-26(22)36-27(40)12-20-7-9-39(10-8-20)29(41)23-16-33-38(2)18-23/h5-6,11,13-18,20H,3-4,7-10,12H2,1-2H3,(H,36,40)(H2,32,34,35,37). The van der Waals surface area contributed by atoms with Crippen molar-refractivity contribution in [3.63, 3.8) is 0 Å². The van der Waals surface area contributed by atoms with E-state index in [0.717, 1.165) is 59.4 Å². The van der Waals surface area contributed by atoms with Gasteiger partial charge in [-0.3, -0.25) is 19.3 Å². The molecule has 11 nitrogen and oxygen atoms in total. The number of aryl methyl sites for hydroxylation is 4. The molecule has 5 heterocycles. The van der Waals surface area contributed by atoms with E-state index in [1.807, 2.05) is 30.2 Å². The number of rotatable bonds is 4. The highest BCUT2D eigenvalue weighted by atomic mass is 16.2. The third-order valence-electron chi connectivity index (χ3n) is 7.68. The Hall–Kier alpha value is -4.80. The first-order valence-corrected chi connectivity index (χ1v) is 13.9. The summed E-state index contributed by atoms with van der Waals surface area (Å²) in [6.45, 7) is 3.24. The number of benzene rings is 1. The maximum Gasteiger partial charge on any atom is 0.257 e. The van der Waals surface area contributed by atoms with Gasteiger partial charge in [0.15, 0.2) is 0 Å². The smallest absolute Gasteiger partial charge is 0.257 e. The summed E-state index contributed by atoms with van der Waals surface area (Å²) in [4.78, 5) is 41.2. The number of likely N-dealkylation sites (tertiary alicyclic amines) is 1. The van der Waals surface area contributed by atoms with Gasteiger partial charge in [0.25, 0.3) is 5.91 Å². The van der Waals surface area contributed by atoms with Gasteiger partial charge in [0.05, 0.1) is 23.6 Å². The van der Waals surface area contributed by atoms with E-state index in [1.165, 1.54) is 0 Å². The van der Waals surface area contributed by atoms with E-state index in [4.69, 9.17) is 0 Å². The number of aromatic nitrogens is 5. The number of piperidine rings is 1. The number of anilines is 5. The fraction of sp³-hybridized carbons (Fsp3) is 0.333. The zero-order valence-corrected chi connectivity index (χ0v) is 23.2. The monoisotopic (exact) mass is 551 g/mol. The Morgan fingerprint density at radius 2 is 1.88 bits per heavy atom. The second-order valence-electron chi connectivity index (χ2n) is 10.8. The zero-order valence-electron chi connectivity index (χ0n) is 23.2. The fourth-order valence-electron chi connectivity index (χ4n) is 5.38. The minimum Gasteiger partial charge on any atom is -0.340 e. The SMILES string of the molecule is Cc1cnc2nc1Nc1ccc(NC(=O)CC3CCN(C(=O)c4cnn(C)c4)CC3)c(c1)CCc1cncc(c1)N2. The normalized spacial score (nSPS) is 15.0. The molecule has 0 aliphatic carbocycles. The van der Waals surface area contributed by atoms with Gasteiger partial charge in [-0.15, -0.1) is 0 Å². The molecule has 6 bridgehead atoms. The van der Waals surface area contributed by atoms with Crippen LogP contribution < -0.4 is 16.0 Å². The molecule has 1 saturated heterocycles. The number of nitrogens with one attached hydrogen (secondary N) is 3. The van der Waals surface area contributed by atoms with Gasteiger partial charge in [0.1, 0.15) is 5.82 Å². The lowest BCUT2D eigenvalue weighted by Crippen LogP contribution is -2.39. The van der Waals surface area contributed by atoms with Crippen LogP contribution in [0, 0.1) is 12.8 Å². The highest BCUT2D eigenvalue weighted by Gasteiger charge is 2.26. The second-order valence-corrected chi connectivity index (χ2v) is 10.8. The number of nitrogens with zero attached hydrogens (tertiary/aromatic N) is 6. The molecule has 0 atom stereocenters. The van der Waals surface area contributed by atoms with E-state index < -0.39 is 0 Å². The summed E-state index contributed by atoms with van der Waals surface area (Å²) in [5.74, 6) is 1.43. The number of hydrogen-bond acceptors (Lipinski definition) is 8. The molecule has 0 radical (unpaired) electrons. The Kier molecular flexibility index (Phi) is 7.32. The van der Waals surface area contributed by atoms with Crippen molar-refractivity contribution in [2.24, 2.45) is 13.0 Å². The Bertz CT molecular complexity index is 1590. The van der Waals surface area contributed by atoms with Crippen molar-refractivity contribution in [3.05, 3.63) is 77.5 Å². The molecule has 3 N–H and O–H groups in total. The van der Waals surface area contributed by atoms with Gasteiger partial charge in [0.2, 0.25) is 11.9 Å². The van der Waals surface area contributed by atoms with Crippen LogP contribution >= 0.6 is 0 Å². The number of carbonyl (C=O) groups excluding carboxylic acids is 2. The number of hydrogen-bond donors (Lipinski definition) is 3. The molecular weight excluding hydrogens is 518 g/mol. The van der Waals surface area contributed by atoms with Gasteiger partial charge < -0.3 is 20.9 Å². The molecule has 2 aliphatic rings. The summed E-state index contributed by atoms with van der Waals surface area (Å²) in [5.41, 5.74) is 6.15. The topological polar surface area (TPSA) is 130 Å². The second kappa shape index (κ2) is 11.4. The first-order valence-electron chi connectivity index (χ1n) is 13.9. The van der Waals surface area contributed by atoms with E-state index in [1.54, 1.807) is 36.5 Å². The predicted molar refractivity (Wildman–Crippen MR) is 157 cm³/mol. The lowest BCUT2D eigenvalue weighted by molar-refractivity contribution is -0.117. The fourth-order valence-corrected chi connectivity index (χ4v) is 5.38. The van der Waals surface area contributed by atoms with Crippen LogP contribution in [0.1, 0.15) is 46.3 Å². The third-order valence-corrected chi connectivity index (χ3v) is 7.68. The van der Waals surface area contributed by atoms with E-state index in [0.29, 0.717) is 36.8 Å². The lowest BCUT2D eigenvalue weighted by Gasteiger charge is -2.31. The van der Waals surface area contributed by atoms with Crippen molar-refractivity contribution in [3.8, 4) is 0 Å². The Labute approximate surface area is 238 Å². The Balaban J connectivity index is 1.14. The van der Waals surface area contributed by atoms with E-state index in [9.17, 15) is 9.59 Å². The lowest BCUT2D eigenvalue weighted by atomic mass is 9.92. The van der Waals surface area contributed by atoms with Crippen LogP contribution in [0.2, 0.25) is 0 Å². The summed E-state index contributed by atoms with van der Waals surface area (Å²) in [5, 5.41) is 13.9. The molecule has 4 aromatic rings. The van der Waals surface area contributed by atoms with Crippen LogP contribution in [0.15, 0.2) is 55.2 Å². The molecule has 41 heavy (non-hydrogen) atoms. The molecule has 0 saturated carbocycles. The molecule has 11 heteroatoms. The van der Waals surface area contributed by atoms with Crippen molar-refractivity contribution in [2.45, 2.75) is 39.0 Å². The van der Waals surface area contributed by atoms with Crippen LogP contribution in [-0.4, -0.2) is 54.5 Å². The largest absolute Gasteiger partial charge is 0.340 e. The molecule has 1 fully saturated rings. The molecule has 210 valence electrons. The molecule has 2 amide bonds. The molecule has 6 rings (SSSR count). The highest BCUT2D eigenvalue weighted by Crippen LogP contribution is 2.29. The molecule has 2 aliphatic heterocycles. The van der Waals surface area contributed by atoms with Crippen LogP contribution in [0.4, 0.5) is 28.8 Å². The quantitative estimate of drug-likeness (QED) is 0.341. The van der Waals surface area contributed by atoms with Crippen molar-refractivity contribution in [1.29, 1.82) is 0 Å². The summed E-state index contributed by atoms with van der Waals surface area (Å²) >= 11 is 0. The summed E-state index contributed by atoms with van der Waals surface area (Å²) in [6, 6.07) is 8.03. The van der Waals surface area contributed by atoms with Crippen molar-refractivity contribution >= 4 is 40.6 Å². The zero-order chi connectivity index (χ0) is 28.3. The van der Waals surface area contributed by atoms with Gasteiger partial charge >= 0.3 is 0 Å². The van der Waals surface area contributed by atoms with E-state index in [-0.39, 0.29) is 17.7 Å². The van der Waals surface area contributed by atoms with Crippen molar-refractivity contribution < 1.29 is 9.59 Å². The van der Waals surface area contributed by atoms with E-state index >= 15 is 0 Å². The molecule has 1 aromatic carbocycles. The van der Waals surface area contributed by atoms with E-state index in [2.05, 4.69) is 48.1 Å². The summed E-state index contributed by atoms with van der Waals surface area (Å²) in [7, 11) is 1.80. The van der Waals surface area contributed by atoms with Crippen LogP contribution in [0.25, 0.3) is 0 Å². The molecular formula is C30H33N9O2. The Morgan fingerprint density at radius 1 is 1.02 bits per heavy atom. The number of fused-ring (bicyclic) bond motifs is 6. The first-order chi connectivity index (χ1) is 19.9. The number of pyridine rings is 1. The van der Waals surface area contributed by atoms with Crippen LogP contribution in [-0.2, 0) is 24.7 Å². The van der Waals surface area contributed by atoms with Crippen molar-refractivity contribution in [1.82, 2.24) is 29.6 Å². The van der Waals surface area contributed by atoms with Crippen LogP contribution in [0.3, 0.4) is 0 Å².